The summed E-state index contributed by atoms with van der Waals surface area (Å²) < 4.78 is 10.5. The summed E-state index contributed by atoms with van der Waals surface area (Å²) in [5.41, 5.74) is 0. The highest BCUT2D eigenvalue weighted by Crippen LogP contribution is 2.23. The van der Waals surface area contributed by atoms with E-state index >= 15 is 0 Å². The second kappa shape index (κ2) is 4.58. The van der Waals surface area contributed by atoms with Gasteiger partial charge >= 0.3 is 0 Å². The number of carbonyl (C=O) groups is 1. The predicted molar refractivity (Wildman–Crippen MR) is 44.8 cm³/mol. The van der Waals surface area contributed by atoms with Crippen LogP contribution in [-0.4, -0.2) is 25.3 Å². The summed E-state index contributed by atoms with van der Waals surface area (Å²) in [5.74, 6) is -0.894. The predicted octanol–water partition coefficient (Wildman–Crippen LogP) is 1.51. The first-order chi connectivity index (χ1) is 5.83. The lowest BCUT2D eigenvalue weighted by molar-refractivity contribution is -0.169. The summed E-state index contributed by atoms with van der Waals surface area (Å²) in [5, 5.41) is 0. The van der Waals surface area contributed by atoms with Gasteiger partial charge in [-0.1, -0.05) is 19.8 Å². The van der Waals surface area contributed by atoms with Crippen molar-refractivity contribution in [1.29, 1.82) is 0 Å². The first-order valence-corrected chi connectivity index (χ1v) is 4.57. The second-order valence-corrected chi connectivity index (χ2v) is 3.08. The highest BCUT2D eigenvalue weighted by molar-refractivity contribution is 5.60. The molecule has 1 heterocycles. The van der Waals surface area contributed by atoms with Gasteiger partial charge in [-0.2, -0.15) is 0 Å². The molecule has 0 unspecified atom stereocenters. The van der Waals surface area contributed by atoms with Crippen LogP contribution in [0.3, 0.4) is 0 Å². The number of ether oxygens (including phenoxy) is 2. The first kappa shape index (κ1) is 9.68. The quantitative estimate of drug-likeness (QED) is 0.466. The molecular formula is C9H16O3. The fourth-order valence-corrected chi connectivity index (χ4v) is 1.36. The molecule has 0 aromatic rings. The highest BCUT2D eigenvalue weighted by atomic mass is 16.7. The maximum Gasteiger partial charge on any atom is 0.225 e. The van der Waals surface area contributed by atoms with Gasteiger partial charge < -0.3 is 9.47 Å². The van der Waals surface area contributed by atoms with Crippen LogP contribution >= 0.6 is 0 Å². The molecule has 1 aliphatic heterocycles. The maximum atomic E-state index is 10.7. The van der Waals surface area contributed by atoms with Gasteiger partial charge in [0.2, 0.25) is 5.79 Å². The van der Waals surface area contributed by atoms with Crippen molar-refractivity contribution in [2.75, 3.05) is 13.2 Å². The SMILES string of the molecule is CCCCCC1(C=O)OCCO1. The highest BCUT2D eigenvalue weighted by Gasteiger charge is 2.35. The lowest BCUT2D eigenvalue weighted by Crippen LogP contribution is -2.31. The summed E-state index contributed by atoms with van der Waals surface area (Å²) in [6.07, 6.45) is 4.76. The summed E-state index contributed by atoms with van der Waals surface area (Å²) in [6, 6.07) is 0. The normalized spacial score (nSPS) is 21.1. The van der Waals surface area contributed by atoms with Gasteiger partial charge in [0, 0.05) is 6.42 Å². The van der Waals surface area contributed by atoms with Crippen molar-refractivity contribution in [3.8, 4) is 0 Å². The lowest BCUT2D eigenvalue weighted by atomic mass is 10.1. The average molecular weight is 172 g/mol. The second-order valence-electron chi connectivity index (χ2n) is 3.08. The van der Waals surface area contributed by atoms with Crippen molar-refractivity contribution in [2.45, 2.75) is 38.4 Å². The average Bonchev–Trinajstić information content (AvgIpc) is 2.55. The van der Waals surface area contributed by atoms with Crippen LogP contribution in [0.15, 0.2) is 0 Å². The van der Waals surface area contributed by atoms with Gasteiger partial charge in [-0.25, -0.2) is 0 Å². The van der Waals surface area contributed by atoms with E-state index in [2.05, 4.69) is 6.92 Å². The molecule has 0 aromatic carbocycles. The Morgan fingerprint density at radius 1 is 1.33 bits per heavy atom. The van der Waals surface area contributed by atoms with E-state index in [4.69, 9.17) is 9.47 Å². The van der Waals surface area contributed by atoms with Crippen molar-refractivity contribution in [2.24, 2.45) is 0 Å². The van der Waals surface area contributed by atoms with E-state index in [0.29, 0.717) is 19.6 Å². The van der Waals surface area contributed by atoms with Crippen molar-refractivity contribution in [3.05, 3.63) is 0 Å². The Hall–Kier alpha value is -0.410. The molecule has 1 fully saturated rings. The Morgan fingerprint density at radius 3 is 2.50 bits per heavy atom. The molecule has 70 valence electrons. The number of aldehydes is 1. The molecule has 12 heavy (non-hydrogen) atoms. The zero-order chi connectivity index (χ0) is 8.86. The molecule has 0 N–H and O–H groups in total. The Labute approximate surface area is 73.0 Å². The largest absolute Gasteiger partial charge is 0.341 e. The molecule has 3 heteroatoms. The van der Waals surface area contributed by atoms with Crippen LogP contribution in [0.1, 0.15) is 32.6 Å². The molecule has 1 aliphatic rings. The standard InChI is InChI=1S/C9H16O3/c1-2-3-4-5-9(8-10)11-6-7-12-9/h8H,2-7H2,1H3. The van der Waals surface area contributed by atoms with E-state index in [1.54, 1.807) is 0 Å². The van der Waals surface area contributed by atoms with Gasteiger partial charge in [-0.05, 0) is 6.42 Å². The van der Waals surface area contributed by atoms with Crippen LogP contribution in [-0.2, 0) is 14.3 Å². The molecule has 0 spiro atoms. The Morgan fingerprint density at radius 2 is 2.00 bits per heavy atom. The smallest absolute Gasteiger partial charge is 0.225 e. The van der Waals surface area contributed by atoms with Gasteiger partial charge in [0.15, 0.2) is 6.29 Å². The van der Waals surface area contributed by atoms with Gasteiger partial charge in [-0.3, -0.25) is 4.79 Å². The van der Waals surface area contributed by atoms with Crippen LogP contribution in [0.4, 0.5) is 0 Å². The van der Waals surface area contributed by atoms with Crippen LogP contribution in [0.25, 0.3) is 0 Å². The van der Waals surface area contributed by atoms with E-state index < -0.39 is 5.79 Å². The number of hydrogen-bond donors (Lipinski definition) is 0. The van der Waals surface area contributed by atoms with Crippen LogP contribution in [0.5, 0.6) is 0 Å². The van der Waals surface area contributed by atoms with Crippen molar-refractivity contribution in [3.63, 3.8) is 0 Å². The zero-order valence-electron chi connectivity index (χ0n) is 7.54. The fraction of sp³-hybridized carbons (Fsp3) is 0.889. The molecule has 1 saturated heterocycles. The molecule has 0 atom stereocenters. The van der Waals surface area contributed by atoms with Crippen LogP contribution < -0.4 is 0 Å². The van der Waals surface area contributed by atoms with Gasteiger partial charge in [0.25, 0.3) is 0 Å². The Balaban J connectivity index is 2.29. The molecule has 0 bridgehead atoms. The van der Waals surface area contributed by atoms with Gasteiger partial charge in [-0.15, -0.1) is 0 Å². The van der Waals surface area contributed by atoms with E-state index in [1.807, 2.05) is 0 Å². The molecular weight excluding hydrogens is 156 g/mol. The lowest BCUT2D eigenvalue weighted by Gasteiger charge is -2.19. The number of rotatable bonds is 5. The van der Waals surface area contributed by atoms with E-state index in [1.165, 1.54) is 0 Å². The van der Waals surface area contributed by atoms with E-state index in [0.717, 1.165) is 25.5 Å². The molecule has 0 aliphatic carbocycles. The fourth-order valence-electron chi connectivity index (χ4n) is 1.36. The number of unbranched alkanes of at least 4 members (excludes halogenated alkanes) is 2. The van der Waals surface area contributed by atoms with Gasteiger partial charge in [0.05, 0.1) is 13.2 Å². The van der Waals surface area contributed by atoms with Crippen molar-refractivity contribution >= 4 is 6.29 Å². The third-order valence-corrected chi connectivity index (χ3v) is 2.08. The first-order valence-electron chi connectivity index (χ1n) is 4.57. The Kier molecular flexibility index (Phi) is 3.69. The molecule has 0 amide bonds. The minimum atomic E-state index is -0.894. The zero-order valence-corrected chi connectivity index (χ0v) is 7.54. The minimum absolute atomic E-state index is 0.546. The summed E-state index contributed by atoms with van der Waals surface area (Å²) in [4.78, 5) is 10.7. The van der Waals surface area contributed by atoms with Crippen molar-refractivity contribution in [1.82, 2.24) is 0 Å². The Bertz CT molecular complexity index is 139. The van der Waals surface area contributed by atoms with Crippen molar-refractivity contribution < 1.29 is 14.3 Å². The third-order valence-electron chi connectivity index (χ3n) is 2.08. The summed E-state index contributed by atoms with van der Waals surface area (Å²) in [7, 11) is 0. The minimum Gasteiger partial charge on any atom is -0.341 e. The molecule has 0 aromatic heterocycles. The van der Waals surface area contributed by atoms with Gasteiger partial charge in [0.1, 0.15) is 0 Å². The van der Waals surface area contributed by atoms with E-state index in [9.17, 15) is 4.79 Å². The monoisotopic (exact) mass is 172 g/mol. The van der Waals surface area contributed by atoms with E-state index in [-0.39, 0.29) is 0 Å². The maximum absolute atomic E-state index is 10.7. The molecule has 3 nitrogen and oxygen atoms in total. The van der Waals surface area contributed by atoms with Crippen LogP contribution in [0.2, 0.25) is 0 Å². The molecule has 0 radical (unpaired) electrons. The topological polar surface area (TPSA) is 35.5 Å². The van der Waals surface area contributed by atoms with Crippen LogP contribution in [0, 0.1) is 0 Å². The number of hydrogen-bond acceptors (Lipinski definition) is 3. The molecule has 0 saturated carbocycles. The third kappa shape index (κ3) is 2.29. The summed E-state index contributed by atoms with van der Waals surface area (Å²) >= 11 is 0. The number of carbonyl (C=O) groups excluding carboxylic acids is 1. The molecule has 1 rings (SSSR count). The summed E-state index contributed by atoms with van der Waals surface area (Å²) in [6.45, 7) is 3.22.